The average Bonchev–Trinajstić information content (AvgIpc) is 2.61. The van der Waals surface area contributed by atoms with E-state index in [0.717, 1.165) is 5.56 Å². The zero-order chi connectivity index (χ0) is 18.8. The molecule has 0 aromatic heterocycles. The molecule has 0 saturated carbocycles. The van der Waals surface area contributed by atoms with Crippen molar-refractivity contribution >= 4 is 45.0 Å². The van der Waals surface area contributed by atoms with Crippen molar-refractivity contribution in [3.8, 4) is 5.75 Å². The molecule has 0 spiro atoms. The third kappa shape index (κ3) is 3.50. The summed E-state index contributed by atoms with van der Waals surface area (Å²) >= 11 is 12.1. The minimum atomic E-state index is -3.89. The molecule has 0 heterocycles. The first-order valence-electron chi connectivity index (χ1n) is 7.54. The van der Waals surface area contributed by atoms with Crippen molar-refractivity contribution in [3.63, 3.8) is 0 Å². The Labute approximate surface area is 158 Å². The van der Waals surface area contributed by atoms with Crippen molar-refractivity contribution in [2.24, 2.45) is 0 Å². The van der Waals surface area contributed by atoms with E-state index in [-0.39, 0.29) is 14.9 Å². The van der Waals surface area contributed by atoms with E-state index < -0.39 is 10.0 Å². The molecule has 25 heavy (non-hydrogen) atoms. The van der Waals surface area contributed by atoms with Crippen LogP contribution in [-0.4, -0.2) is 22.6 Å². The van der Waals surface area contributed by atoms with Gasteiger partial charge >= 0.3 is 0 Å². The molecular formula is C18H19Cl2NO3S. The van der Waals surface area contributed by atoms with Gasteiger partial charge in [-0.25, -0.2) is 8.42 Å². The third-order valence-corrected chi connectivity index (χ3v) is 6.71. The Morgan fingerprint density at radius 1 is 1.24 bits per heavy atom. The molecule has 0 amide bonds. The van der Waals surface area contributed by atoms with Crippen LogP contribution >= 0.6 is 23.2 Å². The second kappa shape index (κ2) is 7.68. The number of nitrogens with zero attached hydrogens (tertiary/aromatic N) is 1. The molecule has 0 aliphatic rings. The summed E-state index contributed by atoms with van der Waals surface area (Å²) in [5.41, 5.74) is 2.07. The van der Waals surface area contributed by atoms with Gasteiger partial charge in [0.1, 0.15) is 10.6 Å². The van der Waals surface area contributed by atoms with Gasteiger partial charge in [0.2, 0.25) is 0 Å². The number of hydrogen-bond donors (Lipinski definition) is 0. The predicted octanol–water partition coefficient (Wildman–Crippen LogP) is 5.03. The summed E-state index contributed by atoms with van der Waals surface area (Å²) in [6.07, 6.45) is 2.30. The molecule has 0 aliphatic heterocycles. The fraction of sp³-hybridized carbons (Fsp3) is 0.222. The largest absolute Gasteiger partial charge is 0.496 e. The molecule has 7 heteroatoms. The maximum absolute atomic E-state index is 13.0. The average molecular weight is 400 g/mol. The zero-order valence-electron chi connectivity index (χ0n) is 14.2. The molecule has 0 N–H and O–H groups in total. The monoisotopic (exact) mass is 399 g/mol. The van der Waals surface area contributed by atoms with Crippen LogP contribution in [0, 0.1) is 0 Å². The molecule has 4 nitrogen and oxygen atoms in total. The predicted molar refractivity (Wildman–Crippen MR) is 105 cm³/mol. The van der Waals surface area contributed by atoms with Gasteiger partial charge in [0.25, 0.3) is 10.0 Å². The lowest BCUT2D eigenvalue weighted by atomic mass is 10.0. The standard InChI is InChI=1S/C18H19Cl2NO3S/c1-5-12-13(6-2)16(24-4)11-10-15(12)21(3)25(22,23)17-9-7-8-14(19)18(17)20/h5,7-11H,1,6H2,2-4H3. The number of halogens is 2. The van der Waals surface area contributed by atoms with Crippen molar-refractivity contribution in [1.29, 1.82) is 0 Å². The summed E-state index contributed by atoms with van der Waals surface area (Å²) < 4.78 is 32.6. The molecule has 0 aliphatic carbocycles. The number of rotatable bonds is 6. The van der Waals surface area contributed by atoms with E-state index in [4.69, 9.17) is 27.9 Å². The van der Waals surface area contributed by atoms with Gasteiger partial charge in [-0.1, -0.05) is 48.8 Å². The lowest BCUT2D eigenvalue weighted by Gasteiger charge is -2.24. The third-order valence-electron chi connectivity index (χ3n) is 3.96. The molecule has 2 rings (SSSR count). The number of hydrogen-bond acceptors (Lipinski definition) is 3. The van der Waals surface area contributed by atoms with E-state index in [9.17, 15) is 8.42 Å². The lowest BCUT2D eigenvalue weighted by molar-refractivity contribution is 0.410. The van der Waals surface area contributed by atoms with Crippen LogP contribution in [0.3, 0.4) is 0 Å². The van der Waals surface area contributed by atoms with Gasteiger partial charge in [-0.15, -0.1) is 0 Å². The van der Waals surface area contributed by atoms with Gasteiger partial charge in [-0.05, 0) is 30.7 Å². The number of ether oxygens (including phenoxy) is 1. The van der Waals surface area contributed by atoms with Gasteiger partial charge in [-0.2, -0.15) is 0 Å². The topological polar surface area (TPSA) is 46.6 Å². The highest BCUT2D eigenvalue weighted by Gasteiger charge is 2.27. The summed E-state index contributed by atoms with van der Waals surface area (Å²) in [5.74, 6) is 0.688. The number of anilines is 1. The molecule has 0 fully saturated rings. The number of sulfonamides is 1. The Balaban J connectivity index is 2.66. The van der Waals surface area contributed by atoms with Gasteiger partial charge in [0.05, 0.1) is 22.8 Å². The Kier molecular flexibility index (Phi) is 6.03. The first-order chi connectivity index (χ1) is 11.8. The Bertz CT molecular complexity index is 911. The van der Waals surface area contributed by atoms with Crippen LogP contribution in [0.5, 0.6) is 5.75 Å². The summed E-state index contributed by atoms with van der Waals surface area (Å²) in [7, 11) is -0.844. The second-order valence-corrected chi connectivity index (χ2v) is 7.98. The second-order valence-electron chi connectivity index (χ2n) is 5.26. The van der Waals surface area contributed by atoms with Crippen LogP contribution in [0.2, 0.25) is 10.0 Å². The first kappa shape index (κ1) is 19.6. The van der Waals surface area contributed by atoms with Crippen molar-refractivity contribution in [2.75, 3.05) is 18.5 Å². The highest BCUT2D eigenvalue weighted by Crippen LogP contribution is 2.36. The van der Waals surface area contributed by atoms with E-state index >= 15 is 0 Å². The summed E-state index contributed by atoms with van der Waals surface area (Å²) in [6.45, 7) is 5.79. The quantitative estimate of drug-likeness (QED) is 0.683. The van der Waals surface area contributed by atoms with E-state index in [1.54, 1.807) is 37.5 Å². The fourth-order valence-electron chi connectivity index (χ4n) is 2.65. The Morgan fingerprint density at radius 3 is 2.48 bits per heavy atom. The van der Waals surface area contributed by atoms with Crippen molar-refractivity contribution in [3.05, 3.63) is 58.1 Å². The van der Waals surface area contributed by atoms with E-state index in [1.165, 1.54) is 17.4 Å². The maximum Gasteiger partial charge on any atom is 0.265 e. The van der Waals surface area contributed by atoms with E-state index in [1.807, 2.05) is 6.92 Å². The molecule has 0 saturated heterocycles. The highest BCUT2D eigenvalue weighted by atomic mass is 35.5. The molecule has 0 unspecified atom stereocenters. The van der Waals surface area contributed by atoms with Crippen LogP contribution in [0.25, 0.3) is 6.08 Å². The Morgan fingerprint density at radius 2 is 1.92 bits per heavy atom. The highest BCUT2D eigenvalue weighted by molar-refractivity contribution is 7.93. The SMILES string of the molecule is C=Cc1c(N(C)S(=O)(=O)c2cccc(Cl)c2Cl)ccc(OC)c1CC. The van der Waals surface area contributed by atoms with E-state index in [0.29, 0.717) is 23.4 Å². The fourth-order valence-corrected chi connectivity index (χ4v) is 4.60. The smallest absolute Gasteiger partial charge is 0.265 e. The zero-order valence-corrected chi connectivity index (χ0v) is 16.5. The molecular weight excluding hydrogens is 381 g/mol. The maximum atomic E-state index is 13.0. The molecule has 0 bridgehead atoms. The van der Waals surface area contributed by atoms with Crippen LogP contribution < -0.4 is 9.04 Å². The minimum absolute atomic E-state index is 0.000367. The normalized spacial score (nSPS) is 11.2. The lowest BCUT2D eigenvalue weighted by Crippen LogP contribution is -2.27. The Hall–Kier alpha value is -1.69. The molecule has 0 radical (unpaired) electrons. The van der Waals surface area contributed by atoms with Gasteiger partial charge < -0.3 is 4.74 Å². The van der Waals surface area contributed by atoms with Gasteiger partial charge in [-0.3, -0.25) is 4.31 Å². The van der Waals surface area contributed by atoms with Gasteiger partial charge in [0, 0.05) is 18.2 Å². The number of benzene rings is 2. The van der Waals surface area contributed by atoms with E-state index in [2.05, 4.69) is 6.58 Å². The van der Waals surface area contributed by atoms with Crippen molar-refractivity contribution < 1.29 is 13.2 Å². The van der Waals surface area contributed by atoms with Crippen LogP contribution in [-0.2, 0) is 16.4 Å². The molecule has 0 atom stereocenters. The summed E-state index contributed by atoms with van der Waals surface area (Å²) in [4.78, 5) is -0.0481. The van der Waals surface area contributed by atoms with Gasteiger partial charge in [0.15, 0.2) is 0 Å². The molecule has 2 aromatic carbocycles. The minimum Gasteiger partial charge on any atom is -0.496 e. The molecule has 2 aromatic rings. The van der Waals surface area contributed by atoms with Crippen molar-refractivity contribution in [2.45, 2.75) is 18.2 Å². The summed E-state index contributed by atoms with van der Waals surface area (Å²) in [6, 6.07) is 7.95. The first-order valence-corrected chi connectivity index (χ1v) is 9.74. The van der Waals surface area contributed by atoms with Crippen LogP contribution in [0.4, 0.5) is 5.69 Å². The summed E-state index contributed by atoms with van der Waals surface area (Å²) in [5, 5.41) is 0.185. The van der Waals surface area contributed by atoms with Crippen LogP contribution in [0.15, 0.2) is 41.8 Å². The number of methoxy groups -OCH3 is 1. The molecule has 134 valence electrons. The van der Waals surface area contributed by atoms with Crippen LogP contribution in [0.1, 0.15) is 18.1 Å². The van der Waals surface area contributed by atoms with Crippen molar-refractivity contribution in [1.82, 2.24) is 0 Å².